The number of carbonyl (C=O) groups excluding carboxylic acids is 1. The zero-order chi connectivity index (χ0) is 10.8. The van der Waals surface area contributed by atoms with Crippen LogP contribution in [-0.2, 0) is 14.6 Å². The van der Waals surface area contributed by atoms with Gasteiger partial charge in [-0.25, -0.2) is 4.79 Å². The highest BCUT2D eigenvalue weighted by Gasteiger charge is 2.07. The first-order valence-corrected chi connectivity index (χ1v) is 5.56. The van der Waals surface area contributed by atoms with Gasteiger partial charge in [0.05, 0.1) is 0 Å². The molecule has 0 N–H and O–H groups in total. The number of unbranched alkanes of at least 4 members (excludes halogenated alkanes) is 2. The second kappa shape index (κ2) is 9.00. The second-order valence-electron chi connectivity index (χ2n) is 3.61. The van der Waals surface area contributed by atoms with Crippen molar-refractivity contribution in [2.24, 2.45) is 0 Å². The third-order valence-electron chi connectivity index (χ3n) is 1.97. The maximum Gasteiger partial charge on any atom is 0.342 e. The molecule has 0 aliphatic carbocycles. The average molecular weight is 202 g/mol. The molecular formula is C11H22O3. The summed E-state index contributed by atoms with van der Waals surface area (Å²) in [5, 5.41) is 0. The first-order chi connectivity index (χ1) is 6.70. The molecule has 84 valence electrons. The molecule has 0 aromatic rings. The third kappa shape index (κ3) is 8.05. The Kier molecular flexibility index (Phi) is 8.64. The monoisotopic (exact) mass is 202 g/mol. The molecule has 0 saturated heterocycles. The molecule has 1 unspecified atom stereocenters. The summed E-state index contributed by atoms with van der Waals surface area (Å²) < 4.78 is 0. The van der Waals surface area contributed by atoms with Crippen LogP contribution in [0.3, 0.4) is 0 Å². The Morgan fingerprint density at radius 1 is 1.21 bits per heavy atom. The minimum Gasteiger partial charge on any atom is -0.298 e. The van der Waals surface area contributed by atoms with E-state index in [1.165, 1.54) is 12.8 Å². The van der Waals surface area contributed by atoms with Crippen LogP contribution >= 0.6 is 0 Å². The molecular weight excluding hydrogens is 180 g/mol. The van der Waals surface area contributed by atoms with Gasteiger partial charge in [0.1, 0.15) is 6.10 Å². The Hall–Kier alpha value is -0.570. The van der Waals surface area contributed by atoms with Crippen LogP contribution in [0.15, 0.2) is 0 Å². The first kappa shape index (κ1) is 13.4. The highest BCUT2D eigenvalue weighted by Crippen LogP contribution is 2.07. The smallest absolute Gasteiger partial charge is 0.298 e. The summed E-state index contributed by atoms with van der Waals surface area (Å²) in [4.78, 5) is 20.5. The lowest BCUT2D eigenvalue weighted by atomic mass is 10.1. The number of hydrogen-bond acceptors (Lipinski definition) is 3. The van der Waals surface area contributed by atoms with Crippen LogP contribution in [-0.4, -0.2) is 12.1 Å². The Morgan fingerprint density at radius 3 is 2.50 bits per heavy atom. The number of hydrogen-bond donors (Lipinski definition) is 0. The summed E-state index contributed by atoms with van der Waals surface area (Å²) in [7, 11) is 0. The normalized spacial score (nSPS) is 12.5. The molecule has 0 amide bonds. The van der Waals surface area contributed by atoms with Crippen molar-refractivity contribution in [1.29, 1.82) is 0 Å². The van der Waals surface area contributed by atoms with E-state index in [2.05, 4.69) is 11.8 Å². The standard InChI is InChI=1S/C11H22O3/c1-4-6-7-9-10(3)13-14-11(12)8-5-2/h10H,4-9H2,1-3H3. The fourth-order valence-electron chi connectivity index (χ4n) is 1.11. The highest BCUT2D eigenvalue weighted by molar-refractivity contribution is 5.68. The molecule has 0 saturated carbocycles. The van der Waals surface area contributed by atoms with Crippen molar-refractivity contribution < 1.29 is 14.6 Å². The van der Waals surface area contributed by atoms with Gasteiger partial charge in [0.2, 0.25) is 0 Å². The van der Waals surface area contributed by atoms with Gasteiger partial charge in [-0.1, -0.05) is 33.1 Å². The Bertz CT molecular complexity index is 145. The summed E-state index contributed by atoms with van der Waals surface area (Å²) >= 11 is 0. The molecule has 0 rings (SSSR count). The van der Waals surface area contributed by atoms with Gasteiger partial charge in [-0.3, -0.25) is 4.89 Å². The van der Waals surface area contributed by atoms with Gasteiger partial charge in [0.15, 0.2) is 0 Å². The molecule has 0 radical (unpaired) electrons. The van der Waals surface area contributed by atoms with Crippen molar-refractivity contribution in [3.05, 3.63) is 0 Å². The van der Waals surface area contributed by atoms with E-state index in [0.717, 1.165) is 19.3 Å². The van der Waals surface area contributed by atoms with Crippen molar-refractivity contribution >= 4 is 5.97 Å². The van der Waals surface area contributed by atoms with Crippen molar-refractivity contribution in [3.8, 4) is 0 Å². The van der Waals surface area contributed by atoms with Crippen LogP contribution in [0.25, 0.3) is 0 Å². The molecule has 3 nitrogen and oxygen atoms in total. The van der Waals surface area contributed by atoms with Crippen LogP contribution in [0, 0.1) is 0 Å². The summed E-state index contributed by atoms with van der Waals surface area (Å²) in [6.45, 7) is 6.02. The number of carbonyl (C=O) groups is 1. The second-order valence-corrected chi connectivity index (χ2v) is 3.61. The van der Waals surface area contributed by atoms with Crippen LogP contribution in [0.5, 0.6) is 0 Å². The van der Waals surface area contributed by atoms with E-state index in [1.54, 1.807) is 0 Å². The molecule has 0 bridgehead atoms. The van der Waals surface area contributed by atoms with Crippen LogP contribution < -0.4 is 0 Å². The van der Waals surface area contributed by atoms with E-state index in [4.69, 9.17) is 4.89 Å². The molecule has 0 spiro atoms. The fourth-order valence-corrected chi connectivity index (χ4v) is 1.11. The van der Waals surface area contributed by atoms with E-state index in [9.17, 15) is 4.79 Å². The van der Waals surface area contributed by atoms with E-state index < -0.39 is 0 Å². The highest BCUT2D eigenvalue weighted by atomic mass is 17.2. The lowest BCUT2D eigenvalue weighted by molar-refractivity contribution is -0.295. The topological polar surface area (TPSA) is 35.5 Å². The van der Waals surface area contributed by atoms with Crippen molar-refractivity contribution in [1.82, 2.24) is 0 Å². The van der Waals surface area contributed by atoms with Gasteiger partial charge in [-0.05, 0) is 19.8 Å². The van der Waals surface area contributed by atoms with Crippen molar-refractivity contribution in [2.45, 2.75) is 65.4 Å². The molecule has 0 aromatic heterocycles. The van der Waals surface area contributed by atoms with Crippen LogP contribution in [0.4, 0.5) is 0 Å². The Labute approximate surface area is 86.7 Å². The zero-order valence-electron chi connectivity index (χ0n) is 9.54. The Morgan fingerprint density at radius 2 is 1.93 bits per heavy atom. The first-order valence-electron chi connectivity index (χ1n) is 5.56. The van der Waals surface area contributed by atoms with Crippen LogP contribution in [0.2, 0.25) is 0 Å². The molecule has 0 aliphatic heterocycles. The maximum absolute atomic E-state index is 10.9. The van der Waals surface area contributed by atoms with Gasteiger partial charge in [0.25, 0.3) is 0 Å². The van der Waals surface area contributed by atoms with Gasteiger partial charge in [-0.2, -0.15) is 4.89 Å². The van der Waals surface area contributed by atoms with Gasteiger partial charge in [-0.15, -0.1) is 0 Å². The SMILES string of the molecule is CCCCCC(C)OOC(=O)CCC. The third-order valence-corrected chi connectivity index (χ3v) is 1.97. The molecule has 0 fully saturated rings. The van der Waals surface area contributed by atoms with Crippen molar-refractivity contribution in [3.63, 3.8) is 0 Å². The summed E-state index contributed by atoms with van der Waals surface area (Å²) in [6, 6.07) is 0. The van der Waals surface area contributed by atoms with E-state index in [1.807, 2.05) is 13.8 Å². The Balaban J connectivity index is 3.33. The predicted molar refractivity (Wildman–Crippen MR) is 55.7 cm³/mol. The molecule has 0 aromatic carbocycles. The lowest BCUT2D eigenvalue weighted by Crippen LogP contribution is -2.13. The largest absolute Gasteiger partial charge is 0.342 e. The van der Waals surface area contributed by atoms with Gasteiger partial charge >= 0.3 is 5.97 Å². The van der Waals surface area contributed by atoms with Crippen LogP contribution in [0.1, 0.15) is 59.3 Å². The lowest BCUT2D eigenvalue weighted by Gasteiger charge is -2.10. The molecule has 1 atom stereocenters. The van der Waals surface area contributed by atoms with Gasteiger partial charge < -0.3 is 0 Å². The summed E-state index contributed by atoms with van der Waals surface area (Å²) in [5.41, 5.74) is 0. The molecule has 14 heavy (non-hydrogen) atoms. The summed E-state index contributed by atoms with van der Waals surface area (Å²) in [6.07, 6.45) is 5.73. The minimum atomic E-state index is -0.269. The number of rotatable bonds is 8. The predicted octanol–water partition coefficient (Wildman–Crippen LogP) is 3.23. The van der Waals surface area contributed by atoms with E-state index >= 15 is 0 Å². The quantitative estimate of drug-likeness (QED) is 0.344. The van der Waals surface area contributed by atoms with E-state index in [-0.39, 0.29) is 12.1 Å². The maximum atomic E-state index is 10.9. The zero-order valence-corrected chi connectivity index (χ0v) is 9.54. The van der Waals surface area contributed by atoms with E-state index in [0.29, 0.717) is 6.42 Å². The molecule has 3 heteroatoms. The summed E-state index contributed by atoms with van der Waals surface area (Å²) in [5.74, 6) is -0.269. The van der Waals surface area contributed by atoms with Crippen molar-refractivity contribution in [2.75, 3.05) is 0 Å². The molecule has 0 aliphatic rings. The fraction of sp³-hybridized carbons (Fsp3) is 0.909. The molecule has 0 heterocycles. The van der Waals surface area contributed by atoms with Gasteiger partial charge in [0, 0.05) is 6.42 Å². The average Bonchev–Trinajstić information content (AvgIpc) is 2.16. The minimum absolute atomic E-state index is 0.0161.